The van der Waals surface area contributed by atoms with Crippen molar-refractivity contribution in [1.82, 2.24) is 14.8 Å². The van der Waals surface area contributed by atoms with Gasteiger partial charge in [-0.2, -0.15) is 10.1 Å². The highest BCUT2D eigenvalue weighted by atomic mass is 35.5. The Morgan fingerprint density at radius 3 is 2.71 bits per heavy atom. The van der Waals surface area contributed by atoms with Gasteiger partial charge in [0.25, 0.3) is 5.91 Å². The minimum atomic E-state index is -0.535. The van der Waals surface area contributed by atoms with Crippen LogP contribution in [0.1, 0.15) is 24.1 Å². The third-order valence-electron chi connectivity index (χ3n) is 4.69. The van der Waals surface area contributed by atoms with E-state index in [1.165, 1.54) is 6.33 Å². The van der Waals surface area contributed by atoms with Crippen LogP contribution in [0.3, 0.4) is 0 Å². The molecule has 1 aromatic heterocycles. The van der Waals surface area contributed by atoms with E-state index in [-0.39, 0.29) is 5.91 Å². The summed E-state index contributed by atoms with van der Waals surface area (Å²) in [4.78, 5) is 17.5. The molecular formula is C20H17Cl2N5O. The molecule has 0 aliphatic carbocycles. The van der Waals surface area contributed by atoms with Gasteiger partial charge in [-0.05, 0) is 37.6 Å². The molecule has 0 fully saturated rings. The molecule has 0 saturated carbocycles. The predicted octanol–water partition coefficient (Wildman–Crippen LogP) is 4.82. The molecule has 3 aromatic rings. The van der Waals surface area contributed by atoms with Gasteiger partial charge in [0.15, 0.2) is 0 Å². The van der Waals surface area contributed by atoms with Crippen LogP contribution in [0.25, 0.3) is 0 Å². The van der Waals surface area contributed by atoms with Gasteiger partial charge >= 0.3 is 0 Å². The maximum Gasteiger partial charge on any atom is 0.255 e. The third kappa shape index (κ3) is 3.25. The number of benzene rings is 2. The summed E-state index contributed by atoms with van der Waals surface area (Å²) >= 11 is 12.5. The van der Waals surface area contributed by atoms with Crippen LogP contribution in [0.15, 0.2) is 60.1 Å². The monoisotopic (exact) mass is 413 g/mol. The first kappa shape index (κ1) is 18.5. The molecule has 0 saturated heterocycles. The van der Waals surface area contributed by atoms with E-state index in [0.29, 0.717) is 32.8 Å². The van der Waals surface area contributed by atoms with Crippen LogP contribution >= 0.6 is 23.2 Å². The number of anilines is 2. The zero-order valence-corrected chi connectivity index (χ0v) is 16.7. The number of hydrogen-bond acceptors (Lipinski definition) is 4. The lowest BCUT2D eigenvalue weighted by molar-refractivity contribution is -0.113. The zero-order valence-electron chi connectivity index (χ0n) is 15.2. The molecule has 2 heterocycles. The summed E-state index contributed by atoms with van der Waals surface area (Å²) in [6, 6.07) is 12.3. The number of aromatic nitrogens is 3. The number of allylic oxidation sites excluding steroid dienone is 1. The molecule has 0 bridgehead atoms. The largest absolute Gasteiger partial charge is 0.328 e. The number of aryl methyl sites for hydroxylation is 1. The van der Waals surface area contributed by atoms with Gasteiger partial charge in [-0.3, -0.25) is 4.79 Å². The van der Waals surface area contributed by atoms with Crippen molar-refractivity contribution in [2.24, 2.45) is 0 Å². The molecule has 2 aromatic carbocycles. The molecule has 1 amide bonds. The second-order valence-electron chi connectivity index (χ2n) is 6.53. The topological polar surface area (TPSA) is 71.8 Å². The van der Waals surface area contributed by atoms with Crippen LogP contribution in [-0.4, -0.2) is 20.7 Å². The Morgan fingerprint density at radius 1 is 1.18 bits per heavy atom. The molecule has 28 heavy (non-hydrogen) atoms. The normalized spacial score (nSPS) is 15.8. The SMILES string of the molecule is CC1=C(C(=O)Nc2ccccc2C)[C@@H](c2ccc(Cl)cc2Cl)n2ncnc2N1. The minimum absolute atomic E-state index is 0.239. The quantitative estimate of drug-likeness (QED) is 0.645. The first-order chi connectivity index (χ1) is 13.5. The van der Waals surface area contributed by atoms with Crippen LogP contribution in [0.2, 0.25) is 10.0 Å². The molecule has 8 heteroatoms. The first-order valence-corrected chi connectivity index (χ1v) is 9.40. The molecular weight excluding hydrogens is 397 g/mol. The van der Waals surface area contributed by atoms with E-state index in [0.717, 1.165) is 11.3 Å². The van der Waals surface area contributed by atoms with Gasteiger partial charge in [0.2, 0.25) is 5.95 Å². The first-order valence-electron chi connectivity index (χ1n) is 8.65. The summed E-state index contributed by atoms with van der Waals surface area (Å²) < 4.78 is 1.65. The van der Waals surface area contributed by atoms with Gasteiger partial charge in [-0.15, -0.1) is 0 Å². The van der Waals surface area contributed by atoms with Crippen LogP contribution in [0.4, 0.5) is 11.6 Å². The van der Waals surface area contributed by atoms with E-state index in [4.69, 9.17) is 23.2 Å². The Bertz CT molecular complexity index is 1110. The fraction of sp³-hybridized carbons (Fsp3) is 0.150. The lowest BCUT2D eigenvalue weighted by Crippen LogP contribution is -2.31. The van der Waals surface area contributed by atoms with Crippen molar-refractivity contribution < 1.29 is 4.79 Å². The molecule has 4 rings (SSSR count). The number of amides is 1. The molecule has 0 unspecified atom stereocenters. The van der Waals surface area contributed by atoms with Gasteiger partial charge in [0.05, 0.1) is 5.57 Å². The summed E-state index contributed by atoms with van der Waals surface area (Å²) in [5.74, 6) is 0.303. The van der Waals surface area contributed by atoms with Gasteiger partial charge < -0.3 is 10.6 Å². The highest BCUT2D eigenvalue weighted by molar-refractivity contribution is 6.35. The Morgan fingerprint density at radius 2 is 1.96 bits per heavy atom. The lowest BCUT2D eigenvalue weighted by Gasteiger charge is -2.29. The molecule has 6 nitrogen and oxygen atoms in total. The van der Waals surface area contributed by atoms with Gasteiger partial charge in [-0.25, -0.2) is 4.68 Å². The highest BCUT2D eigenvalue weighted by Crippen LogP contribution is 2.39. The van der Waals surface area contributed by atoms with E-state index >= 15 is 0 Å². The van der Waals surface area contributed by atoms with Crippen molar-refractivity contribution in [2.45, 2.75) is 19.9 Å². The molecule has 1 aliphatic rings. The lowest BCUT2D eigenvalue weighted by atomic mass is 9.95. The number of carbonyl (C=O) groups excluding carboxylic acids is 1. The number of fused-ring (bicyclic) bond motifs is 1. The van der Waals surface area contributed by atoms with Crippen LogP contribution in [0.5, 0.6) is 0 Å². The van der Waals surface area contributed by atoms with E-state index in [1.807, 2.05) is 38.1 Å². The molecule has 142 valence electrons. The number of nitrogens with one attached hydrogen (secondary N) is 2. The number of hydrogen-bond donors (Lipinski definition) is 2. The van der Waals surface area contributed by atoms with E-state index in [9.17, 15) is 4.79 Å². The summed E-state index contributed by atoms with van der Waals surface area (Å²) in [7, 11) is 0. The molecule has 0 spiro atoms. The molecule has 1 atom stereocenters. The average Bonchev–Trinajstić information content (AvgIpc) is 3.11. The van der Waals surface area contributed by atoms with Crippen molar-refractivity contribution in [2.75, 3.05) is 10.6 Å². The fourth-order valence-electron chi connectivity index (χ4n) is 3.30. The Labute approximate surface area is 172 Å². The fourth-order valence-corrected chi connectivity index (χ4v) is 3.81. The maximum absolute atomic E-state index is 13.3. The summed E-state index contributed by atoms with van der Waals surface area (Å²) in [6.45, 7) is 3.78. The third-order valence-corrected chi connectivity index (χ3v) is 5.25. The van der Waals surface area contributed by atoms with Crippen molar-refractivity contribution >= 4 is 40.7 Å². The standard InChI is InChI=1S/C20H17Cl2N5O/c1-11-5-3-4-6-16(11)26-19(28)17-12(2)25-20-23-10-24-27(20)18(17)14-8-7-13(21)9-15(14)22/h3-10,18H,1-2H3,(H,26,28)(H,23,24,25)/t18-/m1/s1. The summed E-state index contributed by atoms with van der Waals surface area (Å²) in [5.41, 5.74) is 3.63. The van der Waals surface area contributed by atoms with Crippen molar-refractivity contribution in [1.29, 1.82) is 0 Å². The minimum Gasteiger partial charge on any atom is -0.328 e. The summed E-state index contributed by atoms with van der Waals surface area (Å²) in [6.07, 6.45) is 1.44. The van der Waals surface area contributed by atoms with Crippen LogP contribution in [-0.2, 0) is 4.79 Å². The Hall–Kier alpha value is -2.83. The van der Waals surface area contributed by atoms with E-state index in [2.05, 4.69) is 20.7 Å². The van der Waals surface area contributed by atoms with Gasteiger partial charge in [0, 0.05) is 27.0 Å². The van der Waals surface area contributed by atoms with Gasteiger partial charge in [-0.1, -0.05) is 47.5 Å². The van der Waals surface area contributed by atoms with E-state index in [1.54, 1.807) is 22.9 Å². The number of rotatable bonds is 3. The predicted molar refractivity (Wildman–Crippen MR) is 111 cm³/mol. The van der Waals surface area contributed by atoms with Crippen LogP contribution in [0, 0.1) is 6.92 Å². The van der Waals surface area contributed by atoms with Crippen molar-refractivity contribution in [3.8, 4) is 0 Å². The molecule has 0 radical (unpaired) electrons. The zero-order chi connectivity index (χ0) is 19.8. The Kier molecular flexibility index (Phi) is 4.83. The smallest absolute Gasteiger partial charge is 0.255 e. The van der Waals surface area contributed by atoms with Crippen molar-refractivity contribution in [3.05, 3.63) is 81.2 Å². The summed E-state index contributed by atoms with van der Waals surface area (Å²) in [5, 5.41) is 11.4. The second-order valence-corrected chi connectivity index (χ2v) is 7.37. The van der Waals surface area contributed by atoms with Crippen molar-refractivity contribution in [3.63, 3.8) is 0 Å². The second kappa shape index (κ2) is 7.30. The number of halogens is 2. The molecule has 1 aliphatic heterocycles. The number of nitrogens with zero attached hydrogens (tertiary/aromatic N) is 3. The molecule has 2 N–H and O–H groups in total. The number of para-hydroxylation sites is 1. The van der Waals surface area contributed by atoms with Gasteiger partial charge in [0.1, 0.15) is 12.4 Å². The average molecular weight is 414 g/mol. The highest BCUT2D eigenvalue weighted by Gasteiger charge is 2.34. The Balaban J connectivity index is 1.81. The number of carbonyl (C=O) groups is 1. The maximum atomic E-state index is 13.3. The van der Waals surface area contributed by atoms with Crippen LogP contribution < -0.4 is 10.6 Å². The van der Waals surface area contributed by atoms with E-state index < -0.39 is 6.04 Å².